The minimum absolute atomic E-state index is 0.506. The highest BCUT2D eigenvalue weighted by molar-refractivity contribution is 4.62. The Labute approximate surface area is 100 Å². The van der Waals surface area contributed by atoms with Gasteiger partial charge in [0, 0.05) is 26.8 Å². The van der Waals surface area contributed by atoms with Crippen molar-refractivity contribution in [2.75, 3.05) is 54.1 Å². The largest absolute Gasteiger partial charge is 0.383 e. The van der Waals surface area contributed by atoms with E-state index in [0.29, 0.717) is 6.04 Å². The molecule has 0 aliphatic heterocycles. The van der Waals surface area contributed by atoms with Crippen LogP contribution in [-0.4, -0.2) is 65.1 Å². The van der Waals surface area contributed by atoms with Gasteiger partial charge in [-0.15, -0.1) is 0 Å². The van der Waals surface area contributed by atoms with Crippen molar-refractivity contribution in [2.24, 2.45) is 0 Å². The van der Waals surface area contributed by atoms with Crippen LogP contribution in [0.1, 0.15) is 19.8 Å². The lowest BCUT2D eigenvalue weighted by atomic mass is 10.2. The summed E-state index contributed by atoms with van der Waals surface area (Å²) in [7, 11) is 5.64. The van der Waals surface area contributed by atoms with Gasteiger partial charge in [-0.05, 0) is 39.9 Å². The number of methoxy groups -OCH3 is 2. The molecule has 0 amide bonds. The van der Waals surface area contributed by atoms with Gasteiger partial charge in [0.1, 0.15) is 0 Å². The van der Waals surface area contributed by atoms with Gasteiger partial charge in [0.05, 0.1) is 13.2 Å². The molecular formula is C12H28N2O2. The molecular weight excluding hydrogens is 204 g/mol. The highest BCUT2D eigenvalue weighted by Crippen LogP contribution is 1.98. The van der Waals surface area contributed by atoms with E-state index in [4.69, 9.17) is 9.47 Å². The monoisotopic (exact) mass is 232 g/mol. The molecule has 0 bridgehead atoms. The van der Waals surface area contributed by atoms with Crippen LogP contribution in [0, 0.1) is 0 Å². The second kappa shape index (κ2) is 11.3. The van der Waals surface area contributed by atoms with Crippen LogP contribution in [0.3, 0.4) is 0 Å². The quantitative estimate of drug-likeness (QED) is 0.538. The van der Waals surface area contributed by atoms with Crippen molar-refractivity contribution in [1.29, 1.82) is 0 Å². The van der Waals surface area contributed by atoms with Crippen molar-refractivity contribution < 1.29 is 9.47 Å². The Balaban J connectivity index is 3.23. The Bertz CT molecular complexity index is 145. The van der Waals surface area contributed by atoms with Gasteiger partial charge in [-0.25, -0.2) is 0 Å². The maximum atomic E-state index is 5.13. The first-order valence-corrected chi connectivity index (χ1v) is 6.11. The number of hydrogen-bond donors (Lipinski definition) is 1. The highest BCUT2D eigenvalue weighted by Gasteiger charge is 2.07. The highest BCUT2D eigenvalue weighted by atomic mass is 16.5. The first-order valence-electron chi connectivity index (χ1n) is 6.11. The first-order chi connectivity index (χ1) is 7.72. The van der Waals surface area contributed by atoms with Gasteiger partial charge < -0.3 is 19.7 Å². The SMILES string of the molecule is COCCNCCCCN(C)C(C)COC. The van der Waals surface area contributed by atoms with Gasteiger partial charge in [-0.2, -0.15) is 0 Å². The summed E-state index contributed by atoms with van der Waals surface area (Å²) in [6, 6.07) is 0.506. The third-order valence-corrected chi connectivity index (χ3v) is 2.76. The zero-order valence-electron chi connectivity index (χ0n) is 11.3. The molecule has 1 unspecified atom stereocenters. The summed E-state index contributed by atoms with van der Waals surface area (Å²) in [4.78, 5) is 2.35. The molecule has 0 aromatic rings. The van der Waals surface area contributed by atoms with E-state index in [-0.39, 0.29) is 0 Å². The van der Waals surface area contributed by atoms with E-state index in [1.807, 2.05) is 0 Å². The molecule has 0 aliphatic rings. The van der Waals surface area contributed by atoms with Gasteiger partial charge in [0.25, 0.3) is 0 Å². The zero-order chi connectivity index (χ0) is 12.2. The Kier molecular flexibility index (Phi) is 11.2. The van der Waals surface area contributed by atoms with Gasteiger partial charge in [0.2, 0.25) is 0 Å². The van der Waals surface area contributed by atoms with Crippen molar-refractivity contribution in [3.8, 4) is 0 Å². The topological polar surface area (TPSA) is 33.7 Å². The van der Waals surface area contributed by atoms with Crippen LogP contribution >= 0.6 is 0 Å². The van der Waals surface area contributed by atoms with E-state index < -0.39 is 0 Å². The molecule has 1 atom stereocenters. The van der Waals surface area contributed by atoms with Crippen LogP contribution in [0.5, 0.6) is 0 Å². The molecule has 0 heterocycles. The third kappa shape index (κ3) is 9.09. The summed E-state index contributed by atoms with van der Waals surface area (Å²) in [5.74, 6) is 0. The van der Waals surface area contributed by atoms with Crippen molar-refractivity contribution >= 4 is 0 Å². The molecule has 0 rings (SSSR count). The molecule has 4 nitrogen and oxygen atoms in total. The van der Waals surface area contributed by atoms with Crippen molar-refractivity contribution in [1.82, 2.24) is 10.2 Å². The zero-order valence-corrected chi connectivity index (χ0v) is 11.3. The number of rotatable bonds is 11. The van der Waals surface area contributed by atoms with Crippen LogP contribution in [-0.2, 0) is 9.47 Å². The fourth-order valence-corrected chi connectivity index (χ4v) is 1.50. The number of unbranched alkanes of at least 4 members (excludes halogenated alkanes) is 1. The minimum Gasteiger partial charge on any atom is -0.383 e. The van der Waals surface area contributed by atoms with Gasteiger partial charge in [0.15, 0.2) is 0 Å². The summed E-state index contributed by atoms with van der Waals surface area (Å²) in [6.45, 7) is 6.96. The molecule has 0 saturated heterocycles. The molecule has 0 aromatic carbocycles. The lowest BCUT2D eigenvalue weighted by Gasteiger charge is -2.23. The molecule has 0 saturated carbocycles. The predicted molar refractivity (Wildman–Crippen MR) is 67.9 cm³/mol. The van der Waals surface area contributed by atoms with Crippen LogP contribution in [0.2, 0.25) is 0 Å². The molecule has 0 spiro atoms. The Hall–Kier alpha value is -0.160. The van der Waals surface area contributed by atoms with E-state index in [9.17, 15) is 0 Å². The van der Waals surface area contributed by atoms with E-state index in [1.54, 1.807) is 14.2 Å². The van der Waals surface area contributed by atoms with E-state index in [2.05, 4.69) is 24.2 Å². The first kappa shape index (κ1) is 15.8. The van der Waals surface area contributed by atoms with Gasteiger partial charge in [-0.3, -0.25) is 0 Å². The molecule has 0 aliphatic carbocycles. The molecule has 0 aromatic heterocycles. The molecule has 98 valence electrons. The van der Waals surface area contributed by atoms with Crippen LogP contribution in [0.25, 0.3) is 0 Å². The maximum Gasteiger partial charge on any atom is 0.0615 e. The Morgan fingerprint density at radius 3 is 2.50 bits per heavy atom. The standard InChI is InChI=1S/C12H28N2O2/c1-12(11-16-4)14(2)9-6-5-7-13-8-10-15-3/h12-13H,5-11H2,1-4H3. The van der Waals surface area contributed by atoms with E-state index in [1.165, 1.54) is 12.8 Å². The van der Waals surface area contributed by atoms with Crippen LogP contribution < -0.4 is 5.32 Å². The fourth-order valence-electron chi connectivity index (χ4n) is 1.50. The molecule has 1 N–H and O–H groups in total. The van der Waals surface area contributed by atoms with Crippen molar-refractivity contribution in [3.63, 3.8) is 0 Å². The smallest absolute Gasteiger partial charge is 0.0615 e. The summed E-state index contributed by atoms with van der Waals surface area (Å²) in [5.41, 5.74) is 0. The molecule has 0 fully saturated rings. The lowest BCUT2D eigenvalue weighted by Crippen LogP contribution is -2.33. The summed E-state index contributed by atoms with van der Waals surface area (Å²) in [6.07, 6.45) is 2.44. The second-order valence-corrected chi connectivity index (χ2v) is 4.23. The maximum absolute atomic E-state index is 5.13. The Morgan fingerprint density at radius 2 is 1.88 bits per heavy atom. The van der Waals surface area contributed by atoms with Crippen molar-refractivity contribution in [3.05, 3.63) is 0 Å². The molecule has 0 radical (unpaired) electrons. The number of hydrogen-bond acceptors (Lipinski definition) is 4. The van der Waals surface area contributed by atoms with Crippen LogP contribution in [0.4, 0.5) is 0 Å². The predicted octanol–water partition coefficient (Wildman–Crippen LogP) is 0.969. The minimum atomic E-state index is 0.506. The molecule has 4 heteroatoms. The normalized spacial score (nSPS) is 13.3. The second-order valence-electron chi connectivity index (χ2n) is 4.23. The van der Waals surface area contributed by atoms with Crippen molar-refractivity contribution in [2.45, 2.75) is 25.8 Å². The van der Waals surface area contributed by atoms with Crippen LogP contribution in [0.15, 0.2) is 0 Å². The fraction of sp³-hybridized carbons (Fsp3) is 1.00. The summed E-state index contributed by atoms with van der Waals surface area (Å²) < 4.78 is 10.1. The summed E-state index contributed by atoms with van der Waals surface area (Å²) in [5, 5.41) is 3.35. The Morgan fingerprint density at radius 1 is 1.12 bits per heavy atom. The number of likely N-dealkylation sites (N-methyl/N-ethyl adjacent to an activating group) is 1. The van der Waals surface area contributed by atoms with E-state index >= 15 is 0 Å². The average molecular weight is 232 g/mol. The number of ether oxygens (including phenoxy) is 2. The van der Waals surface area contributed by atoms with E-state index in [0.717, 1.165) is 32.8 Å². The van der Waals surface area contributed by atoms with Gasteiger partial charge >= 0.3 is 0 Å². The summed E-state index contributed by atoms with van der Waals surface area (Å²) >= 11 is 0. The number of nitrogens with zero attached hydrogens (tertiary/aromatic N) is 1. The lowest BCUT2D eigenvalue weighted by molar-refractivity contribution is 0.114. The third-order valence-electron chi connectivity index (χ3n) is 2.76. The van der Waals surface area contributed by atoms with Gasteiger partial charge in [-0.1, -0.05) is 0 Å². The number of nitrogens with one attached hydrogen (secondary N) is 1. The molecule has 16 heavy (non-hydrogen) atoms. The average Bonchev–Trinajstić information content (AvgIpc) is 2.28.